The number of H-pyrrole nitrogens is 1. The molecule has 2 N–H and O–H groups in total. The zero-order valence-electron chi connectivity index (χ0n) is 14.1. The summed E-state index contributed by atoms with van der Waals surface area (Å²) in [4.78, 5) is 35.7. The van der Waals surface area contributed by atoms with Crippen LogP contribution in [0.1, 0.15) is 23.0 Å². The van der Waals surface area contributed by atoms with Gasteiger partial charge in [0, 0.05) is 11.1 Å². The van der Waals surface area contributed by atoms with Crippen molar-refractivity contribution in [2.45, 2.75) is 13.3 Å². The molecule has 7 nitrogen and oxygen atoms in total. The van der Waals surface area contributed by atoms with Gasteiger partial charge in [0.2, 0.25) is 5.91 Å². The molecule has 7 heteroatoms. The third-order valence-corrected chi connectivity index (χ3v) is 3.78. The smallest absolute Gasteiger partial charge is 0.338 e. The summed E-state index contributed by atoms with van der Waals surface area (Å²) in [5.41, 5.74) is 1.16. The van der Waals surface area contributed by atoms with Crippen LogP contribution in [0.25, 0.3) is 10.8 Å². The molecule has 0 radical (unpaired) electrons. The number of carbonyl (C=O) groups is 2. The van der Waals surface area contributed by atoms with Crippen molar-refractivity contribution in [3.05, 3.63) is 70.1 Å². The highest BCUT2D eigenvalue weighted by molar-refractivity contribution is 5.96. The monoisotopic (exact) mass is 351 g/mol. The number of aromatic nitrogens is 2. The van der Waals surface area contributed by atoms with E-state index in [2.05, 4.69) is 15.5 Å². The van der Waals surface area contributed by atoms with E-state index in [1.165, 1.54) is 0 Å². The minimum Gasteiger partial charge on any atom is -0.462 e. The molecule has 1 aromatic heterocycles. The molecule has 0 spiro atoms. The van der Waals surface area contributed by atoms with E-state index in [1.807, 2.05) is 0 Å². The number of ether oxygens (including phenoxy) is 1. The van der Waals surface area contributed by atoms with Crippen LogP contribution in [-0.2, 0) is 16.0 Å². The van der Waals surface area contributed by atoms with Crippen molar-refractivity contribution in [1.82, 2.24) is 10.2 Å². The lowest BCUT2D eigenvalue weighted by molar-refractivity contribution is -0.115. The normalized spacial score (nSPS) is 10.5. The highest BCUT2D eigenvalue weighted by atomic mass is 16.5. The van der Waals surface area contributed by atoms with Gasteiger partial charge in [-0.15, -0.1) is 0 Å². The number of hydrogen-bond acceptors (Lipinski definition) is 5. The zero-order valence-corrected chi connectivity index (χ0v) is 14.1. The number of fused-ring (bicyclic) bond motifs is 1. The summed E-state index contributed by atoms with van der Waals surface area (Å²) in [5, 5.41) is 10.3. The molecule has 0 bridgehead atoms. The largest absolute Gasteiger partial charge is 0.462 e. The Morgan fingerprint density at radius 1 is 1.08 bits per heavy atom. The molecule has 0 aliphatic rings. The summed E-state index contributed by atoms with van der Waals surface area (Å²) in [6.45, 7) is 2.04. The number of hydrogen-bond donors (Lipinski definition) is 2. The average Bonchev–Trinajstić information content (AvgIpc) is 2.65. The highest BCUT2D eigenvalue weighted by Crippen LogP contribution is 2.15. The van der Waals surface area contributed by atoms with Crippen LogP contribution in [0.4, 0.5) is 5.69 Å². The minimum absolute atomic E-state index is 0.0108. The van der Waals surface area contributed by atoms with E-state index in [9.17, 15) is 14.4 Å². The lowest BCUT2D eigenvalue weighted by Crippen LogP contribution is -2.18. The Bertz CT molecular complexity index is 1010. The summed E-state index contributed by atoms with van der Waals surface area (Å²) in [6, 6.07) is 13.4. The highest BCUT2D eigenvalue weighted by Gasteiger charge is 2.11. The SMILES string of the molecule is CCOC(=O)c1ccc(NC(=O)Cc2n[nH]c(=O)c3ccccc23)cc1. The number of amides is 1. The van der Waals surface area contributed by atoms with Crippen molar-refractivity contribution in [2.24, 2.45) is 0 Å². The molecule has 26 heavy (non-hydrogen) atoms. The Morgan fingerprint density at radius 3 is 2.46 bits per heavy atom. The quantitative estimate of drug-likeness (QED) is 0.687. The van der Waals surface area contributed by atoms with Crippen LogP contribution in [0.5, 0.6) is 0 Å². The molecule has 3 rings (SSSR count). The van der Waals surface area contributed by atoms with Crippen molar-refractivity contribution in [3.63, 3.8) is 0 Å². The molecule has 0 unspecified atom stereocenters. The second-order valence-corrected chi connectivity index (χ2v) is 5.57. The zero-order chi connectivity index (χ0) is 18.5. The number of rotatable bonds is 5. The minimum atomic E-state index is -0.408. The maximum Gasteiger partial charge on any atom is 0.338 e. The number of carbonyl (C=O) groups excluding carboxylic acids is 2. The van der Waals surface area contributed by atoms with Gasteiger partial charge < -0.3 is 10.1 Å². The second kappa shape index (κ2) is 7.60. The first-order chi connectivity index (χ1) is 12.6. The van der Waals surface area contributed by atoms with Gasteiger partial charge in [0.1, 0.15) is 0 Å². The number of nitrogens with zero attached hydrogens (tertiary/aromatic N) is 1. The molecular weight excluding hydrogens is 334 g/mol. The number of aromatic amines is 1. The summed E-state index contributed by atoms with van der Waals surface area (Å²) in [6.07, 6.45) is 0.0108. The van der Waals surface area contributed by atoms with Gasteiger partial charge in [0.05, 0.1) is 29.7 Å². The average molecular weight is 351 g/mol. The molecule has 132 valence electrons. The van der Waals surface area contributed by atoms with Crippen LogP contribution >= 0.6 is 0 Å². The van der Waals surface area contributed by atoms with E-state index >= 15 is 0 Å². The van der Waals surface area contributed by atoms with Crippen molar-refractivity contribution in [1.29, 1.82) is 0 Å². The van der Waals surface area contributed by atoms with Gasteiger partial charge in [0.15, 0.2) is 0 Å². The van der Waals surface area contributed by atoms with Crippen LogP contribution in [0.2, 0.25) is 0 Å². The van der Waals surface area contributed by atoms with Gasteiger partial charge in [-0.25, -0.2) is 9.89 Å². The summed E-state index contributed by atoms with van der Waals surface area (Å²) < 4.78 is 4.91. The fraction of sp³-hybridized carbons (Fsp3) is 0.158. The van der Waals surface area contributed by atoms with Crippen LogP contribution < -0.4 is 10.9 Å². The lowest BCUT2D eigenvalue weighted by atomic mass is 10.1. The molecule has 3 aromatic rings. The van der Waals surface area contributed by atoms with Gasteiger partial charge in [0.25, 0.3) is 5.56 Å². The first kappa shape index (κ1) is 17.3. The number of benzene rings is 2. The Morgan fingerprint density at radius 2 is 1.77 bits per heavy atom. The molecule has 1 amide bonds. The molecule has 0 saturated carbocycles. The predicted molar refractivity (Wildman–Crippen MR) is 97.1 cm³/mol. The first-order valence-corrected chi connectivity index (χ1v) is 8.12. The lowest BCUT2D eigenvalue weighted by Gasteiger charge is -2.07. The third kappa shape index (κ3) is 3.77. The van der Waals surface area contributed by atoms with Gasteiger partial charge in [-0.1, -0.05) is 18.2 Å². The van der Waals surface area contributed by atoms with Crippen LogP contribution in [-0.4, -0.2) is 28.7 Å². The van der Waals surface area contributed by atoms with E-state index in [-0.39, 0.29) is 17.9 Å². The van der Waals surface area contributed by atoms with Crippen molar-refractivity contribution >= 4 is 28.3 Å². The Labute approximate surface area is 149 Å². The maximum absolute atomic E-state index is 12.3. The molecular formula is C19H17N3O4. The van der Waals surface area contributed by atoms with Gasteiger partial charge >= 0.3 is 5.97 Å². The van der Waals surface area contributed by atoms with E-state index in [0.717, 1.165) is 0 Å². The predicted octanol–water partition coefficient (Wildman–Crippen LogP) is 2.28. The molecule has 0 aliphatic carbocycles. The van der Waals surface area contributed by atoms with Gasteiger partial charge in [-0.05, 0) is 37.3 Å². The van der Waals surface area contributed by atoms with E-state index in [4.69, 9.17) is 4.74 Å². The van der Waals surface area contributed by atoms with Crippen LogP contribution in [0.3, 0.4) is 0 Å². The summed E-state index contributed by atoms with van der Waals surface area (Å²) in [7, 11) is 0. The summed E-state index contributed by atoms with van der Waals surface area (Å²) in [5.74, 6) is -0.687. The van der Waals surface area contributed by atoms with Crippen molar-refractivity contribution < 1.29 is 14.3 Å². The standard InChI is InChI=1S/C19H17N3O4/c1-2-26-19(25)12-7-9-13(10-8-12)20-17(23)11-16-14-5-3-4-6-15(14)18(24)22-21-16/h3-10H,2,11H2,1H3,(H,20,23)(H,22,24). The number of nitrogens with one attached hydrogen (secondary N) is 2. The van der Waals surface area contributed by atoms with Crippen molar-refractivity contribution in [3.8, 4) is 0 Å². The van der Waals surface area contributed by atoms with E-state index in [1.54, 1.807) is 55.5 Å². The number of anilines is 1. The van der Waals surface area contributed by atoms with Gasteiger partial charge in [-0.2, -0.15) is 5.10 Å². The van der Waals surface area contributed by atoms with Crippen LogP contribution in [0, 0.1) is 0 Å². The molecule has 0 fully saturated rings. The Kier molecular flexibility index (Phi) is 5.07. The molecule has 0 atom stereocenters. The fourth-order valence-electron chi connectivity index (χ4n) is 2.57. The molecule has 1 heterocycles. The van der Waals surface area contributed by atoms with Crippen molar-refractivity contribution in [2.75, 3.05) is 11.9 Å². The number of esters is 1. The topological polar surface area (TPSA) is 101 Å². The molecule has 0 aliphatic heterocycles. The Hall–Kier alpha value is -3.48. The Balaban J connectivity index is 1.73. The molecule has 0 saturated heterocycles. The van der Waals surface area contributed by atoms with E-state index in [0.29, 0.717) is 34.3 Å². The second-order valence-electron chi connectivity index (χ2n) is 5.57. The first-order valence-electron chi connectivity index (χ1n) is 8.12. The summed E-state index contributed by atoms with van der Waals surface area (Å²) >= 11 is 0. The molecule has 2 aromatic carbocycles. The fourth-order valence-corrected chi connectivity index (χ4v) is 2.57. The maximum atomic E-state index is 12.3. The van der Waals surface area contributed by atoms with Gasteiger partial charge in [-0.3, -0.25) is 9.59 Å². The van der Waals surface area contributed by atoms with E-state index < -0.39 is 5.97 Å². The third-order valence-electron chi connectivity index (χ3n) is 3.78. The van der Waals surface area contributed by atoms with Crippen LogP contribution in [0.15, 0.2) is 53.3 Å².